The molecule has 110 valence electrons. The molecular weight excluding hydrogens is 254 g/mol. The van der Waals surface area contributed by atoms with Crippen LogP contribution in [0.15, 0.2) is 12.2 Å². The van der Waals surface area contributed by atoms with Crippen molar-refractivity contribution in [2.45, 2.75) is 38.5 Å². The Balaban J connectivity index is 1.81. The number of amides is 1. The third kappa shape index (κ3) is 2.36. The second kappa shape index (κ2) is 5.58. The standard InChI is InChI=1S/C16H23NO3/c18-15(17-9-3-1-2-4-10-17)13-11-5-7-12(8-6-11)14(13)16(19)20/h5,7,11-14H,1-4,6,8-10H2,(H,19,20)/t11-,12-,13-,14-/m0/s1. The number of rotatable bonds is 2. The number of carbonyl (C=O) groups is 2. The highest BCUT2D eigenvalue weighted by Gasteiger charge is 2.49. The van der Waals surface area contributed by atoms with E-state index >= 15 is 0 Å². The number of hydrogen-bond acceptors (Lipinski definition) is 2. The average molecular weight is 277 g/mol. The molecule has 4 nitrogen and oxygen atoms in total. The summed E-state index contributed by atoms with van der Waals surface area (Å²) in [5, 5.41) is 9.53. The van der Waals surface area contributed by atoms with Crippen LogP contribution >= 0.6 is 0 Å². The van der Waals surface area contributed by atoms with Crippen LogP contribution in [-0.4, -0.2) is 35.0 Å². The molecule has 0 aromatic heterocycles. The van der Waals surface area contributed by atoms with E-state index in [-0.39, 0.29) is 23.7 Å². The number of fused-ring (bicyclic) bond motifs is 2. The van der Waals surface area contributed by atoms with E-state index in [0.29, 0.717) is 0 Å². The highest BCUT2D eigenvalue weighted by Crippen LogP contribution is 2.45. The molecule has 1 amide bonds. The number of nitrogens with zero attached hydrogens (tertiary/aromatic N) is 1. The molecule has 0 radical (unpaired) electrons. The minimum absolute atomic E-state index is 0.0541. The highest BCUT2D eigenvalue weighted by molar-refractivity contribution is 5.86. The van der Waals surface area contributed by atoms with Crippen LogP contribution in [0, 0.1) is 23.7 Å². The largest absolute Gasteiger partial charge is 0.481 e. The van der Waals surface area contributed by atoms with Crippen LogP contribution in [0.4, 0.5) is 0 Å². The molecule has 4 aliphatic rings. The second-order valence-corrected chi connectivity index (χ2v) is 6.42. The van der Waals surface area contributed by atoms with Crippen molar-refractivity contribution in [2.24, 2.45) is 23.7 Å². The number of carboxylic acid groups (broad SMARTS) is 1. The minimum Gasteiger partial charge on any atom is -0.481 e. The van der Waals surface area contributed by atoms with Crippen LogP contribution in [0.2, 0.25) is 0 Å². The van der Waals surface area contributed by atoms with Crippen LogP contribution in [0.1, 0.15) is 38.5 Å². The molecular formula is C16H23NO3. The van der Waals surface area contributed by atoms with Crippen LogP contribution in [-0.2, 0) is 9.59 Å². The summed E-state index contributed by atoms with van der Waals surface area (Å²) in [5.74, 6) is -1.34. The molecule has 1 saturated carbocycles. The Labute approximate surface area is 119 Å². The SMILES string of the molecule is O=C(O)[C@@H]1[C@@H](C(=O)N2CCCCCC2)[C@H]2C=C[C@H]1CC2. The number of carboxylic acids is 1. The fourth-order valence-corrected chi connectivity index (χ4v) is 4.17. The summed E-state index contributed by atoms with van der Waals surface area (Å²) in [7, 11) is 0. The van der Waals surface area contributed by atoms with E-state index in [1.807, 2.05) is 11.0 Å². The van der Waals surface area contributed by atoms with Crippen molar-refractivity contribution >= 4 is 11.9 Å². The van der Waals surface area contributed by atoms with Gasteiger partial charge >= 0.3 is 5.97 Å². The van der Waals surface area contributed by atoms with Crippen molar-refractivity contribution in [3.8, 4) is 0 Å². The van der Waals surface area contributed by atoms with Gasteiger partial charge in [-0.3, -0.25) is 9.59 Å². The summed E-state index contributed by atoms with van der Waals surface area (Å²) >= 11 is 0. The average Bonchev–Trinajstić information content (AvgIpc) is 2.75. The Bertz CT molecular complexity index is 423. The first-order valence-corrected chi connectivity index (χ1v) is 7.88. The maximum atomic E-state index is 12.8. The first kappa shape index (κ1) is 13.7. The van der Waals surface area contributed by atoms with E-state index in [1.54, 1.807) is 0 Å². The Morgan fingerprint density at radius 2 is 1.45 bits per heavy atom. The van der Waals surface area contributed by atoms with Crippen molar-refractivity contribution in [1.82, 2.24) is 4.90 Å². The summed E-state index contributed by atoms with van der Waals surface area (Å²) < 4.78 is 0. The number of likely N-dealkylation sites (tertiary alicyclic amines) is 1. The maximum Gasteiger partial charge on any atom is 0.307 e. The smallest absolute Gasteiger partial charge is 0.307 e. The lowest BCUT2D eigenvalue weighted by atomic mass is 9.62. The molecule has 1 N–H and O–H groups in total. The Morgan fingerprint density at radius 1 is 0.900 bits per heavy atom. The van der Waals surface area contributed by atoms with Gasteiger partial charge in [0.2, 0.25) is 5.91 Å². The molecule has 20 heavy (non-hydrogen) atoms. The first-order chi connectivity index (χ1) is 9.68. The van der Waals surface area contributed by atoms with Crippen LogP contribution in [0.25, 0.3) is 0 Å². The van der Waals surface area contributed by atoms with Gasteiger partial charge in [0.05, 0.1) is 11.8 Å². The van der Waals surface area contributed by atoms with E-state index in [4.69, 9.17) is 0 Å². The molecule has 4 rings (SSSR count). The predicted molar refractivity (Wildman–Crippen MR) is 75.0 cm³/mol. The lowest BCUT2D eigenvalue weighted by Crippen LogP contribution is -2.50. The monoisotopic (exact) mass is 277 g/mol. The van der Waals surface area contributed by atoms with Gasteiger partial charge < -0.3 is 10.0 Å². The van der Waals surface area contributed by atoms with E-state index in [1.165, 1.54) is 12.8 Å². The van der Waals surface area contributed by atoms with E-state index < -0.39 is 11.9 Å². The van der Waals surface area contributed by atoms with Gasteiger partial charge in [-0.2, -0.15) is 0 Å². The molecule has 1 saturated heterocycles. The second-order valence-electron chi connectivity index (χ2n) is 6.42. The van der Waals surface area contributed by atoms with Gasteiger partial charge in [0.25, 0.3) is 0 Å². The van der Waals surface area contributed by atoms with Crippen molar-refractivity contribution in [1.29, 1.82) is 0 Å². The predicted octanol–water partition coefficient (Wildman–Crippen LogP) is 2.30. The number of aliphatic carboxylic acids is 1. The molecule has 0 aromatic rings. The topological polar surface area (TPSA) is 57.6 Å². The Hall–Kier alpha value is -1.32. The normalized spacial score (nSPS) is 36.7. The summed E-state index contributed by atoms with van der Waals surface area (Å²) in [6.07, 6.45) is 10.5. The Morgan fingerprint density at radius 3 is 1.95 bits per heavy atom. The minimum atomic E-state index is -0.794. The van der Waals surface area contributed by atoms with Crippen molar-refractivity contribution in [2.75, 3.05) is 13.1 Å². The quantitative estimate of drug-likeness (QED) is 0.788. The van der Waals surface area contributed by atoms with Crippen molar-refractivity contribution in [3.63, 3.8) is 0 Å². The van der Waals surface area contributed by atoms with E-state index in [9.17, 15) is 14.7 Å². The molecule has 0 aromatic carbocycles. The molecule has 4 heteroatoms. The van der Waals surface area contributed by atoms with Crippen LogP contribution < -0.4 is 0 Å². The number of allylic oxidation sites excluding steroid dienone is 2. The van der Waals surface area contributed by atoms with Crippen molar-refractivity contribution in [3.05, 3.63) is 12.2 Å². The van der Waals surface area contributed by atoms with Gasteiger partial charge in [-0.15, -0.1) is 0 Å². The number of hydrogen-bond donors (Lipinski definition) is 1. The van der Waals surface area contributed by atoms with Gasteiger partial charge in [0, 0.05) is 13.1 Å². The zero-order chi connectivity index (χ0) is 14.1. The Kier molecular flexibility index (Phi) is 3.81. The van der Waals surface area contributed by atoms with Crippen molar-refractivity contribution < 1.29 is 14.7 Å². The van der Waals surface area contributed by atoms with Gasteiger partial charge in [0.1, 0.15) is 0 Å². The molecule has 0 unspecified atom stereocenters. The van der Waals surface area contributed by atoms with Gasteiger partial charge in [-0.1, -0.05) is 25.0 Å². The third-order valence-corrected chi connectivity index (χ3v) is 5.24. The fourth-order valence-electron chi connectivity index (χ4n) is 4.17. The number of carbonyl (C=O) groups excluding carboxylic acids is 1. The molecule has 3 aliphatic carbocycles. The van der Waals surface area contributed by atoms with Crippen LogP contribution in [0.5, 0.6) is 0 Å². The summed E-state index contributed by atoms with van der Waals surface area (Å²) in [6.45, 7) is 1.62. The highest BCUT2D eigenvalue weighted by atomic mass is 16.4. The molecule has 2 bridgehead atoms. The van der Waals surface area contributed by atoms with Gasteiger partial charge in [-0.25, -0.2) is 0 Å². The lowest BCUT2D eigenvalue weighted by Gasteiger charge is -2.43. The lowest BCUT2D eigenvalue weighted by molar-refractivity contribution is -0.156. The zero-order valence-electron chi connectivity index (χ0n) is 11.8. The van der Waals surface area contributed by atoms with E-state index in [2.05, 4.69) is 6.08 Å². The van der Waals surface area contributed by atoms with E-state index in [0.717, 1.165) is 38.8 Å². The van der Waals surface area contributed by atoms with Crippen LogP contribution in [0.3, 0.4) is 0 Å². The molecule has 4 atom stereocenters. The van der Waals surface area contributed by atoms with Gasteiger partial charge in [-0.05, 0) is 37.5 Å². The zero-order valence-corrected chi connectivity index (χ0v) is 11.8. The van der Waals surface area contributed by atoms with Gasteiger partial charge in [0.15, 0.2) is 0 Å². The molecule has 1 heterocycles. The molecule has 0 spiro atoms. The molecule has 1 aliphatic heterocycles. The molecule has 2 fully saturated rings. The third-order valence-electron chi connectivity index (χ3n) is 5.24. The first-order valence-electron chi connectivity index (χ1n) is 7.88. The summed E-state index contributed by atoms with van der Waals surface area (Å²) in [5.41, 5.74) is 0. The summed E-state index contributed by atoms with van der Waals surface area (Å²) in [6, 6.07) is 0. The maximum absolute atomic E-state index is 12.8. The summed E-state index contributed by atoms with van der Waals surface area (Å²) in [4.78, 5) is 26.4. The fraction of sp³-hybridized carbons (Fsp3) is 0.750.